The average Bonchev–Trinajstić information content (AvgIpc) is 3.16. The maximum Gasteiger partial charge on any atom is 0.404 e. The summed E-state index contributed by atoms with van der Waals surface area (Å²) < 4.78 is 19.8. The van der Waals surface area contributed by atoms with Gasteiger partial charge < -0.3 is 34.9 Å². The van der Waals surface area contributed by atoms with Crippen molar-refractivity contribution in [2.24, 2.45) is 5.73 Å². The van der Waals surface area contributed by atoms with Crippen LogP contribution < -0.4 is 15.8 Å². The first kappa shape index (κ1) is 21.4. The Morgan fingerprint density at radius 3 is 2.77 bits per heavy atom. The number of nitrogens with two attached hydrogens (primary N) is 1. The van der Waals surface area contributed by atoms with Crippen LogP contribution in [0.4, 0.5) is 4.79 Å². The van der Waals surface area contributed by atoms with Crippen LogP contribution in [0.25, 0.3) is 0 Å². The standard InChI is InChI=1S/C16H18N4O9S/c1-26-10-4-8(29-19-10)3-9(21)18-16(27-2)13(24)20-11(12(22)23)7(5-28-15(17)25)6-30-14(16)20/h4,14H,3,5-6H2,1-2H3,(H2,17,25)(H,18,21)(H,22,23)/t14-,16+/m1/s1. The van der Waals surface area contributed by atoms with Crippen molar-refractivity contribution < 1.29 is 43.0 Å². The summed E-state index contributed by atoms with van der Waals surface area (Å²) in [6.07, 6.45) is -1.32. The smallest absolute Gasteiger partial charge is 0.404 e. The van der Waals surface area contributed by atoms with Gasteiger partial charge in [0.2, 0.25) is 5.91 Å². The van der Waals surface area contributed by atoms with Gasteiger partial charge in [0.25, 0.3) is 17.5 Å². The zero-order valence-corrected chi connectivity index (χ0v) is 16.7. The number of nitrogens with one attached hydrogen (secondary N) is 1. The number of carboxylic acid groups (broad SMARTS) is 1. The first-order chi connectivity index (χ1) is 14.2. The fourth-order valence-electron chi connectivity index (χ4n) is 3.10. The molecule has 0 aliphatic carbocycles. The second kappa shape index (κ2) is 8.23. The Morgan fingerprint density at radius 2 is 2.20 bits per heavy atom. The Labute approximate surface area is 173 Å². The number of hydrogen-bond donors (Lipinski definition) is 3. The number of rotatable bonds is 8. The molecule has 13 nitrogen and oxygen atoms in total. The van der Waals surface area contributed by atoms with E-state index in [0.29, 0.717) is 0 Å². The second-order valence-corrected chi connectivity index (χ2v) is 7.27. The molecule has 0 radical (unpaired) electrons. The highest BCUT2D eigenvalue weighted by molar-refractivity contribution is 8.00. The molecule has 2 aliphatic rings. The Kier molecular flexibility index (Phi) is 5.89. The Balaban J connectivity index is 1.78. The van der Waals surface area contributed by atoms with Crippen molar-refractivity contribution >= 4 is 35.6 Å². The summed E-state index contributed by atoms with van der Waals surface area (Å²) >= 11 is 1.14. The molecule has 0 unspecified atom stereocenters. The maximum absolute atomic E-state index is 12.9. The lowest BCUT2D eigenvalue weighted by molar-refractivity contribution is -0.192. The number of amides is 3. The van der Waals surface area contributed by atoms with E-state index in [2.05, 4.69) is 15.2 Å². The lowest BCUT2D eigenvalue weighted by Gasteiger charge is -2.55. The average molecular weight is 442 g/mol. The van der Waals surface area contributed by atoms with Crippen LogP contribution in [-0.4, -0.2) is 76.7 Å². The first-order valence-corrected chi connectivity index (χ1v) is 9.47. The number of aliphatic carboxylic acids is 1. The van der Waals surface area contributed by atoms with Gasteiger partial charge in [0.15, 0.2) is 0 Å². The van der Waals surface area contributed by atoms with Gasteiger partial charge in [-0.1, -0.05) is 0 Å². The van der Waals surface area contributed by atoms with Crippen molar-refractivity contribution in [3.8, 4) is 5.88 Å². The number of carbonyl (C=O) groups excluding carboxylic acids is 3. The Morgan fingerprint density at radius 1 is 1.47 bits per heavy atom. The minimum absolute atomic E-state index is 0.115. The summed E-state index contributed by atoms with van der Waals surface area (Å²) in [4.78, 5) is 48.9. The number of ether oxygens (including phenoxy) is 3. The fourth-order valence-corrected chi connectivity index (χ4v) is 4.52. The second-order valence-electron chi connectivity index (χ2n) is 6.20. The Hall–Kier alpha value is -3.26. The zero-order valence-electron chi connectivity index (χ0n) is 15.9. The molecule has 14 heteroatoms. The van der Waals surface area contributed by atoms with Gasteiger partial charge >= 0.3 is 12.1 Å². The maximum atomic E-state index is 12.9. The number of hydrogen-bond acceptors (Lipinski definition) is 10. The van der Waals surface area contributed by atoms with Crippen LogP contribution in [0.3, 0.4) is 0 Å². The molecule has 162 valence electrons. The molecule has 1 saturated heterocycles. The van der Waals surface area contributed by atoms with Gasteiger partial charge in [-0.05, 0) is 5.16 Å². The van der Waals surface area contributed by atoms with E-state index >= 15 is 0 Å². The monoisotopic (exact) mass is 442 g/mol. The summed E-state index contributed by atoms with van der Waals surface area (Å²) in [5.74, 6) is -2.26. The third-order valence-corrected chi connectivity index (χ3v) is 5.80. The molecule has 30 heavy (non-hydrogen) atoms. The summed E-state index contributed by atoms with van der Waals surface area (Å²) in [7, 11) is 2.61. The predicted octanol–water partition coefficient (Wildman–Crippen LogP) is -0.966. The minimum atomic E-state index is -1.76. The lowest BCUT2D eigenvalue weighted by atomic mass is 9.98. The zero-order chi connectivity index (χ0) is 22.1. The van der Waals surface area contributed by atoms with Gasteiger partial charge in [0.1, 0.15) is 23.4 Å². The van der Waals surface area contributed by atoms with E-state index in [9.17, 15) is 24.3 Å². The van der Waals surface area contributed by atoms with E-state index in [0.717, 1.165) is 16.7 Å². The number of thioether (sulfide) groups is 1. The van der Waals surface area contributed by atoms with Crippen molar-refractivity contribution in [3.05, 3.63) is 23.1 Å². The van der Waals surface area contributed by atoms with E-state index in [1.165, 1.54) is 20.3 Å². The molecule has 0 aromatic carbocycles. The van der Waals surface area contributed by atoms with Crippen LogP contribution in [0.5, 0.6) is 5.88 Å². The van der Waals surface area contributed by atoms with E-state index in [1.807, 2.05) is 0 Å². The molecule has 0 bridgehead atoms. The van der Waals surface area contributed by atoms with E-state index in [4.69, 9.17) is 19.7 Å². The molecule has 4 N–H and O–H groups in total. The van der Waals surface area contributed by atoms with Crippen molar-refractivity contribution in [2.75, 3.05) is 26.6 Å². The predicted molar refractivity (Wildman–Crippen MR) is 97.9 cm³/mol. The van der Waals surface area contributed by atoms with Crippen molar-refractivity contribution in [3.63, 3.8) is 0 Å². The minimum Gasteiger partial charge on any atom is -0.479 e. The summed E-state index contributed by atoms with van der Waals surface area (Å²) in [5.41, 5.74) is 3.01. The normalized spacial score (nSPS) is 22.8. The van der Waals surface area contributed by atoms with Gasteiger partial charge in [-0.3, -0.25) is 14.5 Å². The highest BCUT2D eigenvalue weighted by atomic mass is 32.2. The molecule has 0 spiro atoms. The molecule has 2 atom stereocenters. The molecule has 3 amide bonds. The van der Waals surface area contributed by atoms with E-state index in [-0.39, 0.29) is 41.7 Å². The quantitative estimate of drug-likeness (QED) is 0.332. The number of carboxylic acids is 1. The lowest BCUT2D eigenvalue weighted by Crippen LogP contribution is -2.80. The van der Waals surface area contributed by atoms with E-state index in [1.54, 1.807) is 0 Å². The highest BCUT2D eigenvalue weighted by Crippen LogP contribution is 2.46. The van der Waals surface area contributed by atoms with E-state index < -0.39 is 35.0 Å². The number of methoxy groups -OCH3 is 2. The molecule has 2 aliphatic heterocycles. The van der Waals surface area contributed by atoms with Crippen LogP contribution in [0.15, 0.2) is 21.9 Å². The number of aromatic nitrogens is 1. The summed E-state index contributed by atoms with van der Waals surface area (Å²) in [5, 5.41) is 14.8. The van der Waals surface area contributed by atoms with Crippen LogP contribution in [0, 0.1) is 0 Å². The molecule has 0 saturated carbocycles. The van der Waals surface area contributed by atoms with Gasteiger partial charge in [0, 0.05) is 24.5 Å². The van der Waals surface area contributed by atoms with Gasteiger partial charge in [-0.15, -0.1) is 11.8 Å². The third-order valence-electron chi connectivity index (χ3n) is 4.43. The number of carbonyl (C=O) groups is 4. The number of primary amides is 1. The number of fused-ring (bicyclic) bond motifs is 1. The Bertz CT molecular complexity index is 930. The fraction of sp³-hybridized carbons (Fsp3) is 0.438. The molecule has 1 aromatic rings. The molecular formula is C16H18N4O9S. The van der Waals surface area contributed by atoms with Gasteiger partial charge in [0.05, 0.1) is 13.5 Å². The van der Waals surface area contributed by atoms with Gasteiger partial charge in [-0.25, -0.2) is 9.59 Å². The third kappa shape index (κ3) is 3.66. The number of nitrogens with zero attached hydrogens (tertiary/aromatic N) is 2. The number of β-lactam (4-membered cyclic amide) rings is 1. The molecule has 3 heterocycles. The topological polar surface area (TPSA) is 184 Å². The molecule has 3 rings (SSSR count). The highest BCUT2D eigenvalue weighted by Gasteiger charge is 2.66. The van der Waals surface area contributed by atoms with Crippen LogP contribution in [0.1, 0.15) is 5.76 Å². The summed E-state index contributed by atoms with van der Waals surface area (Å²) in [6.45, 7) is -0.375. The van der Waals surface area contributed by atoms with Crippen molar-refractivity contribution in [2.45, 2.75) is 17.5 Å². The molecule has 1 fully saturated rings. The molecular weight excluding hydrogens is 424 g/mol. The van der Waals surface area contributed by atoms with Crippen LogP contribution in [-0.2, 0) is 30.3 Å². The van der Waals surface area contributed by atoms with Gasteiger partial charge in [-0.2, -0.15) is 0 Å². The largest absolute Gasteiger partial charge is 0.479 e. The SMILES string of the molecule is COc1cc(CC(=O)N[C@]2(OC)C(=O)N3C(C(=O)O)=C(COC(N)=O)CS[C@@H]32)on1. The van der Waals surface area contributed by atoms with Crippen LogP contribution in [0.2, 0.25) is 0 Å². The first-order valence-electron chi connectivity index (χ1n) is 8.42. The summed E-state index contributed by atoms with van der Waals surface area (Å²) in [6, 6.07) is 1.42. The molecule has 1 aromatic heterocycles. The van der Waals surface area contributed by atoms with Crippen molar-refractivity contribution in [1.29, 1.82) is 0 Å². The van der Waals surface area contributed by atoms with Crippen LogP contribution >= 0.6 is 11.8 Å². The van der Waals surface area contributed by atoms with Crippen molar-refractivity contribution in [1.82, 2.24) is 15.4 Å².